The molecule has 2 N–H and O–H groups in total. The molecule has 4 heterocycles. The zero-order chi connectivity index (χ0) is 34.7. The van der Waals surface area contributed by atoms with E-state index >= 15 is 0 Å². The lowest BCUT2D eigenvalue weighted by atomic mass is 9.70. The Labute approximate surface area is 292 Å². The van der Waals surface area contributed by atoms with Gasteiger partial charge in [-0.3, -0.25) is 19.2 Å². The van der Waals surface area contributed by atoms with E-state index in [1.54, 1.807) is 41.1 Å². The molecule has 0 saturated carbocycles. The average Bonchev–Trinajstić information content (AvgIpc) is 3.83. The van der Waals surface area contributed by atoms with Gasteiger partial charge < -0.3 is 29.7 Å². The molecule has 7 atom stereocenters. The number of rotatable bonds is 15. The van der Waals surface area contributed by atoms with Gasteiger partial charge in [0.15, 0.2) is 0 Å². The number of esters is 1. The Kier molecular flexibility index (Phi) is 10.3. The van der Waals surface area contributed by atoms with Gasteiger partial charge in [-0.2, -0.15) is 0 Å². The highest BCUT2D eigenvalue weighted by molar-refractivity contribution is 9.09. The minimum Gasteiger partial charge on any atom is -0.455 e. The quantitative estimate of drug-likeness (QED) is 0.136. The molecular weight excluding hydrogens is 696 g/mol. The number of carbonyl (C=O) groups is 4. The first-order valence-corrected chi connectivity index (χ1v) is 17.2. The van der Waals surface area contributed by atoms with Crippen LogP contribution in [0.1, 0.15) is 30.9 Å². The zero-order valence-electron chi connectivity index (χ0n) is 26.9. The molecule has 49 heavy (non-hydrogen) atoms. The van der Waals surface area contributed by atoms with Crippen LogP contribution in [0.5, 0.6) is 0 Å². The van der Waals surface area contributed by atoms with E-state index in [-0.39, 0.29) is 49.9 Å². The van der Waals surface area contributed by atoms with Crippen molar-refractivity contribution in [3.05, 3.63) is 85.5 Å². The lowest BCUT2D eigenvalue weighted by Crippen LogP contribution is -2.57. The van der Waals surface area contributed by atoms with Crippen molar-refractivity contribution in [1.82, 2.24) is 30.1 Å². The van der Waals surface area contributed by atoms with Crippen LogP contribution in [0.25, 0.3) is 11.0 Å². The van der Waals surface area contributed by atoms with Crippen molar-refractivity contribution in [2.45, 2.75) is 54.6 Å². The van der Waals surface area contributed by atoms with Crippen molar-refractivity contribution in [1.29, 1.82) is 0 Å². The molecule has 3 aromatic rings. The number of carbonyl (C=O) groups excluding carboxylic acids is 4. The minimum atomic E-state index is -1.36. The zero-order valence-corrected chi connectivity index (χ0v) is 28.5. The normalized spacial score (nSPS) is 26.0. The number of halogens is 1. The average molecular weight is 736 g/mol. The van der Waals surface area contributed by atoms with Crippen LogP contribution in [0.15, 0.2) is 79.9 Å². The standard InChI is InChI=1S/C35H39BrN6O7/c1-3-5-15-27(44)37-20-26(22-11-7-6-8-12-22)48-34(47)28-29-32(45)41(17-18-43)31(35(29)19-23(36)30(28)49-35)33(46)40(16-4-2)21-42-25-14-10-9-13-24(25)38-39-42/h3-4,6-14,23,26,28-31,43H,1-2,5,15-21H2,(H,37,44)/t23?,26-,28+,29-,30+,31+,35-/m0/s1. The predicted molar refractivity (Wildman–Crippen MR) is 182 cm³/mol. The molecule has 258 valence electrons. The Morgan fingerprint density at radius 3 is 2.65 bits per heavy atom. The molecule has 3 fully saturated rings. The number of para-hydroxylation sites is 1. The number of hydrogen-bond donors (Lipinski definition) is 2. The Morgan fingerprint density at radius 2 is 1.92 bits per heavy atom. The third-order valence-electron chi connectivity index (χ3n) is 9.51. The number of nitrogens with zero attached hydrogens (tertiary/aromatic N) is 5. The van der Waals surface area contributed by atoms with Crippen molar-refractivity contribution >= 4 is 50.7 Å². The van der Waals surface area contributed by atoms with Gasteiger partial charge in [0.05, 0.1) is 36.6 Å². The summed E-state index contributed by atoms with van der Waals surface area (Å²) < 4.78 is 14.3. The van der Waals surface area contributed by atoms with Crippen molar-refractivity contribution in [2.75, 3.05) is 26.2 Å². The lowest BCUT2D eigenvalue weighted by Gasteiger charge is -2.36. The molecule has 3 aliphatic rings. The van der Waals surface area contributed by atoms with E-state index in [0.29, 0.717) is 17.5 Å². The van der Waals surface area contributed by atoms with Crippen LogP contribution in [-0.2, 0) is 35.3 Å². The van der Waals surface area contributed by atoms with Crippen LogP contribution >= 0.6 is 15.9 Å². The molecule has 13 nitrogen and oxygen atoms in total. The Balaban J connectivity index is 1.29. The highest BCUT2D eigenvalue weighted by Crippen LogP contribution is 2.60. The summed E-state index contributed by atoms with van der Waals surface area (Å²) in [5, 5.41) is 21.3. The number of hydrogen-bond acceptors (Lipinski definition) is 9. The number of nitrogens with one attached hydrogen (secondary N) is 1. The van der Waals surface area contributed by atoms with Crippen LogP contribution in [0.4, 0.5) is 0 Å². The number of fused-ring (bicyclic) bond motifs is 2. The number of β-amino-alcohol motifs (C(OH)–C–C–N with tert-alkyl or cyclic N) is 1. The highest BCUT2D eigenvalue weighted by atomic mass is 79.9. The second-order valence-electron chi connectivity index (χ2n) is 12.5. The summed E-state index contributed by atoms with van der Waals surface area (Å²) in [6, 6.07) is 15.3. The third-order valence-corrected chi connectivity index (χ3v) is 10.4. The van der Waals surface area contributed by atoms with Gasteiger partial charge in [0.25, 0.3) is 0 Å². The first kappa shape index (κ1) is 34.5. The van der Waals surface area contributed by atoms with Crippen molar-refractivity contribution in [3.63, 3.8) is 0 Å². The van der Waals surface area contributed by atoms with E-state index in [4.69, 9.17) is 9.47 Å². The summed E-state index contributed by atoms with van der Waals surface area (Å²) >= 11 is 3.68. The number of alkyl halides is 1. The fraction of sp³-hybridized carbons (Fsp3) is 0.429. The second-order valence-corrected chi connectivity index (χ2v) is 13.6. The number of likely N-dealkylation sites (tertiary alicyclic amines) is 1. The first-order chi connectivity index (χ1) is 23.7. The molecule has 0 aliphatic carbocycles. The van der Waals surface area contributed by atoms with Crippen molar-refractivity contribution in [2.24, 2.45) is 11.8 Å². The van der Waals surface area contributed by atoms with Gasteiger partial charge in [0, 0.05) is 24.3 Å². The number of aliphatic hydroxyl groups is 1. The number of ether oxygens (including phenoxy) is 2. The topological polar surface area (TPSA) is 156 Å². The third kappa shape index (κ3) is 6.40. The molecule has 6 rings (SSSR count). The first-order valence-electron chi connectivity index (χ1n) is 16.3. The van der Waals surface area contributed by atoms with Gasteiger partial charge in [-0.05, 0) is 30.5 Å². The summed E-state index contributed by atoms with van der Waals surface area (Å²) in [5.41, 5.74) is 0.692. The van der Waals surface area contributed by atoms with Gasteiger partial charge >= 0.3 is 5.97 Å². The number of benzene rings is 2. The van der Waals surface area contributed by atoms with Crippen molar-refractivity contribution < 1.29 is 33.8 Å². The van der Waals surface area contributed by atoms with E-state index in [1.807, 2.05) is 30.3 Å². The summed E-state index contributed by atoms with van der Waals surface area (Å²) in [6.07, 6.45) is 2.68. The summed E-state index contributed by atoms with van der Waals surface area (Å²) in [4.78, 5) is 58.0. The van der Waals surface area contributed by atoms with Crippen LogP contribution in [0.2, 0.25) is 0 Å². The summed E-state index contributed by atoms with van der Waals surface area (Å²) in [5.74, 6) is -3.85. The predicted octanol–water partition coefficient (Wildman–Crippen LogP) is 2.51. The lowest BCUT2D eigenvalue weighted by molar-refractivity contribution is -0.160. The molecule has 1 aromatic heterocycles. The monoisotopic (exact) mass is 734 g/mol. The molecule has 0 radical (unpaired) electrons. The Morgan fingerprint density at radius 1 is 1.16 bits per heavy atom. The van der Waals surface area contributed by atoms with Gasteiger partial charge in [-0.15, -0.1) is 18.3 Å². The molecule has 3 aliphatic heterocycles. The molecule has 14 heteroatoms. The van der Waals surface area contributed by atoms with E-state index in [2.05, 4.69) is 44.7 Å². The molecule has 2 aromatic carbocycles. The van der Waals surface area contributed by atoms with Gasteiger partial charge in [0.2, 0.25) is 17.7 Å². The smallest absolute Gasteiger partial charge is 0.313 e. The van der Waals surface area contributed by atoms with E-state index in [0.717, 1.165) is 5.52 Å². The highest BCUT2D eigenvalue weighted by Gasteiger charge is 2.77. The van der Waals surface area contributed by atoms with Gasteiger partial charge in [0.1, 0.15) is 29.9 Å². The maximum absolute atomic E-state index is 14.6. The van der Waals surface area contributed by atoms with Gasteiger partial charge in [-0.25, -0.2) is 4.68 Å². The van der Waals surface area contributed by atoms with Gasteiger partial charge in [-0.1, -0.05) is 75.8 Å². The fourth-order valence-corrected chi connectivity index (χ4v) is 8.34. The number of amides is 3. The van der Waals surface area contributed by atoms with Crippen molar-refractivity contribution in [3.8, 4) is 0 Å². The fourth-order valence-electron chi connectivity index (χ4n) is 7.40. The molecule has 2 bridgehead atoms. The van der Waals surface area contributed by atoms with E-state index in [9.17, 15) is 24.3 Å². The summed E-state index contributed by atoms with van der Waals surface area (Å²) in [6.45, 7) is 7.14. The molecule has 3 saturated heterocycles. The largest absolute Gasteiger partial charge is 0.455 e. The SMILES string of the molecule is C=CCCC(=O)NC[C@H](OC(=O)[C@H]1[C@@H]2O[C@@]3(CC2Br)[C@@H]1C(=O)N(CCO)[C@@H]3C(=O)N(CC=C)Cn1nnc2ccccc21)c1ccccc1. The number of aromatic nitrogens is 3. The van der Waals surface area contributed by atoms with Crippen LogP contribution in [0.3, 0.4) is 0 Å². The Bertz CT molecular complexity index is 1740. The number of allylic oxidation sites excluding steroid dienone is 1. The molecule has 1 unspecified atom stereocenters. The van der Waals surface area contributed by atoms with E-state index < -0.39 is 60.1 Å². The number of aliphatic hydroxyl groups excluding tert-OH is 1. The van der Waals surface area contributed by atoms with Crippen LogP contribution < -0.4 is 5.32 Å². The van der Waals surface area contributed by atoms with Crippen LogP contribution in [0, 0.1) is 11.8 Å². The molecular formula is C35H39BrN6O7. The van der Waals surface area contributed by atoms with E-state index in [1.165, 1.54) is 9.80 Å². The maximum Gasteiger partial charge on any atom is 0.313 e. The molecule has 1 spiro atoms. The maximum atomic E-state index is 14.6. The van der Waals surface area contributed by atoms with Crippen LogP contribution in [-0.4, -0.2) is 102 Å². The Hall–Kier alpha value is -4.40. The second kappa shape index (κ2) is 14.6. The summed E-state index contributed by atoms with van der Waals surface area (Å²) in [7, 11) is 0. The molecule has 3 amide bonds. The minimum absolute atomic E-state index is 0.0215.